The molecule has 0 aliphatic rings. The van der Waals surface area contributed by atoms with E-state index in [1.807, 2.05) is 32.9 Å². The molecule has 0 saturated heterocycles. The second-order valence-electron chi connectivity index (χ2n) is 7.12. The van der Waals surface area contributed by atoms with E-state index in [1.54, 1.807) is 48.5 Å². The predicted molar refractivity (Wildman–Crippen MR) is 119 cm³/mol. The Kier molecular flexibility index (Phi) is 7.49. The molecule has 0 bridgehead atoms. The Morgan fingerprint density at radius 2 is 1.81 bits per heavy atom. The number of fused-ring (bicyclic) bond motifs is 1. The third-order valence-corrected chi connectivity index (χ3v) is 4.31. The van der Waals surface area contributed by atoms with Gasteiger partial charge in [0.2, 0.25) is 5.75 Å². The minimum absolute atomic E-state index is 0.0220. The average Bonchev–Trinajstić information content (AvgIpc) is 2.76. The summed E-state index contributed by atoms with van der Waals surface area (Å²) in [6, 6.07) is 13.7. The molecule has 1 aromatic heterocycles. The first kappa shape index (κ1) is 22.2. The van der Waals surface area contributed by atoms with E-state index in [-0.39, 0.29) is 29.8 Å². The first-order valence-corrected chi connectivity index (χ1v) is 10.3. The minimum atomic E-state index is -0.734. The summed E-state index contributed by atoms with van der Waals surface area (Å²) in [6.07, 6.45) is 5.36. The molecule has 1 heterocycles. The van der Waals surface area contributed by atoms with E-state index in [0.29, 0.717) is 23.1 Å². The van der Waals surface area contributed by atoms with E-state index < -0.39 is 11.6 Å². The highest BCUT2D eigenvalue weighted by Crippen LogP contribution is 2.37. The van der Waals surface area contributed by atoms with Crippen LogP contribution in [0.15, 0.2) is 69.9 Å². The van der Waals surface area contributed by atoms with Gasteiger partial charge in [-0.25, -0.2) is 9.59 Å². The van der Waals surface area contributed by atoms with Gasteiger partial charge in [-0.05, 0) is 51.0 Å². The topological polar surface area (TPSA) is 75.0 Å². The summed E-state index contributed by atoms with van der Waals surface area (Å²) in [4.78, 5) is 25.5. The zero-order chi connectivity index (χ0) is 22.2. The van der Waals surface area contributed by atoms with Gasteiger partial charge in [-0.1, -0.05) is 43.3 Å². The molecule has 0 aliphatic carbocycles. The van der Waals surface area contributed by atoms with Gasteiger partial charge >= 0.3 is 11.6 Å². The van der Waals surface area contributed by atoms with Gasteiger partial charge in [-0.3, -0.25) is 0 Å². The largest absolute Gasteiger partial charge is 0.487 e. The van der Waals surface area contributed by atoms with Crippen molar-refractivity contribution < 1.29 is 23.4 Å². The number of ether oxygens (including phenoxy) is 3. The van der Waals surface area contributed by atoms with Gasteiger partial charge in [-0.15, -0.1) is 0 Å². The number of hydrogen-bond acceptors (Lipinski definition) is 6. The Hall–Kier alpha value is -3.54. The van der Waals surface area contributed by atoms with Crippen molar-refractivity contribution in [2.24, 2.45) is 0 Å². The van der Waals surface area contributed by atoms with Crippen LogP contribution in [0.25, 0.3) is 11.0 Å². The van der Waals surface area contributed by atoms with E-state index in [1.165, 1.54) is 0 Å². The highest BCUT2D eigenvalue weighted by atomic mass is 16.6. The molecule has 0 spiro atoms. The fraction of sp³-hybridized carbons (Fsp3) is 0.280. The van der Waals surface area contributed by atoms with E-state index in [4.69, 9.17) is 18.6 Å². The number of rotatable bonds is 9. The zero-order valence-corrected chi connectivity index (χ0v) is 17.9. The third-order valence-electron chi connectivity index (χ3n) is 4.31. The summed E-state index contributed by atoms with van der Waals surface area (Å²) in [5.41, 5.74) is -0.173. The molecule has 0 aliphatic heterocycles. The van der Waals surface area contributed by atoms with Crippen LogP contribution in [0.1, 0.15) is 44.0 Å². The number of hydrogen-bond donors (Lipinski definition) is 0. The maximum absolute atomic E-state index is 12.8. The third kappa shape index (κ3) is 5.54. The van der Waals surface area contributed by atoms with E-state index >= 15 is 0 Å². The molecule has 0 saturated carbocycles. The number of esters is 1. The molecule has 0 N–H and O–H groups in total. The van der Waals surface area contributed by atoms with Gasteiger partial charge in [0.1, 0.15) is 0 Å². The van der Waals surface area contributed by atoms with E-state index in [0.717, 1.165) is 6.42 Å². The van der Waals surface area contributed by atoms with Gasteiger partial charge in [0.25, 0.3) is 0 Å². The first-order chi connectivity index (χ1) is 15.0. The summed E-state index contributed by atoms with van der Waals surface area (Å²) in [6.45, 7) is 6.02. The van der Waals surface area contributed by atoms with Crippen LogP contribution in [0.2, 0.25) is 0 Å². The molecular weight excluding hydrogens is 396 g/mol. The number of benzene rings is 2. The summed E-state index contributed by atoms with van der Waals surface area (Å²) in [7, 11) is 0. The maximum atomic E-state index is 12.8. The SMILES string of the molecule is CC/C=C/CCOc1c(OC(=O)c2ccccc2)c2cccc(OC(C)C)c2oc1=O. The van der Waals surface area contributed by atoms with Crippen molar-refractivity contribution in [1.29, 1.82) is 0 Å². The summed E-state index contributed by atoms with van der Waals surface area (Å²) in [5.74, 6) is -0.324. The monoisotopic (exact) mass is 422 g/mol. The fourth-order valence-corrected chi connectivity index (χ4v) is 2.97. The van der Waals surface area contributed by atoms with Crippen LogP contribution < -0.4 is 19.8 Å². The van der Waals surface area contributed by atoms with Crippen molar-refractivity contribution in [3.05, 3.63) is 76.7 Å². The Bertz CT molecular complexity index is 1110. The van der Waals surface area contributed by atoms with Crippen molar-refractivity contribution in [2.45, 2.75) is 39.7 Å². The second-order valence-corrected chi connectivity index (χ2v) is 7.12. The van der Waals surface area contributed by atoms with Gasteiger partial charge in [0.15, 0.2) is 17.1 Å². The lowest BCUT2D eigenvalue weighted by Crippen LogP contribution is -2.15. The summed E-state index contributed by atoms with van der Waals surface area (Å²) < 4.78 is 22.7. The van der Waals surface area contributed by atoms with Crippen molar-refractivity contribution in [3.8, 4) is 17.2 Å². The lowest BCUT2D eigenvalue weighted by Gasteiger charge is -2.15. The molecular formula is C25H26O6. The quantitative estimate of drug-likeness (QED) is 0.195. The molecule has 31 heavy (non-hydrogen) atoms. The van der Waals surface area contributed by atoms with Crippen LogP contribution in [-0.2, 0) is 0 Å². The fourth-order valence-electron chi connectivity index (χ4n) is 2.97. The molecule has 0 amide bonds. The van der Waals surface area contributed by atoms with E-state index in [2.05, 4.69) is 0 Å². The molecule has 6 heteroatoms. The molecule has 0 radical (unpaired) electrons. The Morgan fingerprint density at radius 1 is 1.03 bits per heavy atom. The molecule has 0 atom stereocenters. The van der Waals surface area contributed by atoms with Crippen LogP contribution >= 0.6 is 0 Å². The number of para-hydroxylation sites is 1. The zero-order valence-electron chi connectivity index (χ0n) is 17.9. The van der Waals surface area contributed by atoms with Crippen LogP contribution in [-0.4, -0.2) is 18.7 Å². The lowest BCUT2D eigenvalue weighted by atomic mass is 10.2. The second kappa shape index (κ2) is 10.5. The van der Waals surface area contributed by atoms with Gasteiger partial charge in [0, 0.05) is 0 Å². The smallest absolute Gasteiger partial charge is 0.383 e. The predicted octanol–water partition coefficient (Wildman–Crippen LogP) is 5.53. The summed E-state index contributed by atoms with van der Waals surface area (Å²) in [5, 5.41) is 0.418. The Labute approximate surface area is 181 Å². The van der Waals surface area contributed by atoms with E-state index in [9.17, 15) is 9.59 Å². The number of allylic oxidation sites excluding steroid dienone is 1. The minimum Gasteiger partial charge on any atom is -0.487 e. The molecule has 3 rings (SSSR count). The maximum Gasteiger partial charge on any atom is 0.383 e. The molecule has 0 fully saturated rings. The van der Waals surface area contributed by atoms with Gasteiger partial charge in [0.05, 0.1) is 23.7 Å². The first-order valence-electron chi connectivity index (χ1n) is 10.3. The van der Waals surface area contributed by atoms with Crippen molar-refractivity contribution in [2.75, 3.05) is 6.61 Å². The summed E-state index contributed by atoms with van der Waals surface area (Å²) >= 11 is 0. The van der Waals surface area contributed by atoms with Crippen LogP contribution in [0.5, 0.6) is 17.2 Å². The molecule has 2 aromatic carbocycles. The van der Waals surface area contributed by atoms with Crippen LogP contribution in [0, 0.1) is 0 Å². The highest BCUT2D eigenvalue weighted by molar-refractivity contribution is 5.96. The van der Waals surface area contributed by atoms with Crippen LogP contribution in [0.4, 0.5) is 0 Å². The van der Waals surface area contributed by atoms with Crippen LogP contribution in [0.3, 0.4) is 0 Å². The number of carbonyl (C=O) groups excluding carboxylic acids is 1. The van der Waals surface area contributed by atoms with Crippen molar-refractivity contribution in [1.82, 2.24) is 0 Å². The van der Waals surface area contributed by atoms with Gasteiger partial charge in [-0.2, -0.15) is 0 Å². The standard InChI is InChI=1S/C25H26O6/c1-4-5-6-10-16-28-23-22(31-24(26)18-12-8-7-9-13-18)19-14-11-15-20(29-17(2)3)21(19)30-25(23)27/h5-9,11-15,17H,4,10,16H2,1-3H3/b6-5+. The lowest BCUT2D eigenvalue weighted by molar-refractivity contribution is 0.0729. The van der Waals surface area contributed by atoms with Crippen molar-refractivity contribution in [3.63, 3.8) is 0 Å². The number of carbonyl (C=O) groups is 1. The van der Waals surface area contributed by atoms with Crippen molar-refractivity contribution >= 4 is 16.9 Å². The molecule has 0 unspecified atom stereocenters. The highest BCUT2D eigenvalue weighted by Gasteiger charge is 2.23. The normalized spacial score (nSPS) is 11.2. The Balaban J connectivity index is 2.06. The molecule has 162 valence electrons. The Morgan fingerprint density at radius 3 is 2.52 bits per heavy atom. The molecule has 6 nitrogen and oxygen atoms in total. The molecule has 3 aromatic rings. The average molecular weight is 422 g/mol. The van der Waals surface area contributed by atoms with Gasteiger partial charge < -0.3 is 18.6 Å².